The predicted molar refractivity (Wildman–Crippen MR) is 155 cm³/mol. The number of amides is 1. The number of alkyl carbamates (subject to hydrolysis) is 1. The average molecular weight is 565 g/mol. The Morgan fingerprint density at radius 2 is 1.54 bits per heavy atom. The van der Waals surface area contributed by atoms with Gasteiger partial charge in [-0.25, -0.2) is 14.6 Å². The van der Waals surface area contributed by atoms with Crippen molar-refractivity contribution in [3.8, 4) is 17.2 Å². The Morgan fingerprint density at radius 1 is 0.902 bits per heavy atom. The maximum absolute atomic E-state index is 12.9. The van der Waals surface area contributed by atoms with Gasteiger partial charge in [-0.3, -0.25) is 4.79 Å². The van der Waals surface area contributed by atoms with Gasteiger partial charge in [-0.2, -0.15) is 0 Å². The SMILES string of the molecule is Cc1oc(-c2ccccc2)nc1CCOc1ccc(C(=O)CC[C@H](NC(=O)OC(C)(C)C)C(=O)OC(C)(C)C)cc1. The number of oxazole rings is 1. The number of aromatic nitrogens is 1. The van der Waals surface area contributed by atoms with Crippen LogP contribution in [0.4, 0.5) is 4.79 Å². The molecule has 220 valence electrons. The molecular formula is C32H40N2O7. The number of hydrogen-bond donors (Lipinski definition) is 1. The first-order valence-electron chi connectivity index (χ1n) is 13.7. The van der Waals surface area contributed by atoms with Gasteiger partial charge in [-0.15, -0.1) is 0 Å². The van der Waals surface area contributed by atoms with E-state index in [0.717, 1.165) is 17.0 Å². The molecule has 0 saturated carbocycles. The smallest absolute Gasteiger partial charge is 0.408 e. The number of hydrogen-bond acceptors (Lipinski definition) is 8. The number of aryl methyl sites for hydroxylation is 1. The third kappa shape index (κ3) is 10.4. The monoisotopic (exact) mass is 564 g/mol. The molecule has 0 unspecified atom stereocenters. The van der Waals surface area contributed by atoms with E-state index in [-0.39, 0.29) is 18.6 Å². The van der Waals surface area contributed by atoms with E-state index in [1.54, 1.807) is 65.8 Å². The van der Waals surface area contributed by atoms with Gasteiger partial charge in [0.05, 0.1) is 12.3 Å². The summed E-state index contributed by atoms with van der Waals surface area (Å²) >= 11 is 0. The van der Waals surface area contributed by atoms with Crippen LogP contribution in [0.3, 0.4) is 0 Å². The normalized spacial score (nSPS) is 12.4. The molecular weight excluding hydrogens is 524 g/mol. The zero-order valence-electron chi connectivity index (χ0n) is 24.9. The van der Waals surface area contributed by atoms with Crippen molar-refractivity contribution < 1.29 is 33.0 Å². The van der Waals surface area contributed by atoms with Gasteiger partial charge in [0.1, 0.15) is 28.8 Å². The number of carbonyl (C=O) groups excluding carboxylic acids is 3. The summed E-state index contributed by atoms with van der Waals surface area (Å²) in [6, 6.07) is 15.5. The van der Waals surface area contributed by atoms with Crippen molar-refractivity contribution in [1.29, 1.82) is 0 Å². The lowest BCUT2D eigenvalue weighted by molar-refractivity contribution is -0.157. The average Bonchev–Trinajstić information content (AvgIpc) is 3.25. The number of rotatable bonds is 11. The van der Waals surface area contributed by atoms with Crippen molar-refractivity contribution in [1.82, 2.24) is 10.3 Å². The lowest BCUT2D eigenvalue weighted by atomic mass is 10.0. The molecule has 41 heavy (non-hydrogen) atoms. The van der Waals surface area contributed by atoms with E-state index in [1.807, 2.05) is 37.3 Å². The van der Waals surface area contributed by atoms with Gasteiger partial charge in [-0.05, 0) is 91.3 Å². The molecule has 1 amide bonds. The molecule has 3 rings (SSSR count). The highest BCUT2D eigenvalue weighted by Crippen LogP contribution is 2.22. The zero-order chi connectivity index (χ0) is 30.2. The van der Waals surface area contributed by atoms with E-state index in [4.69, 9.17) is 18.6 Å². The number of ketones is 1. The van der Waals surface area contributed by atoms with Gasteiger partial charge < -0.3 is 23.9 Å². The highest BCUT2D eigenvalue weighted by Gasteiger charge is 2.29. The first-order valence-corrected chi connectivity index (χ1v) is 13.7. The van der Waals surface area contributed by atoms with Crippen LogP contribution in [0.2, 0.25) is 0 Å². The fourth-order valence-corrected chi connectivity index (χ4v) is 3.86. The number of nitrogens with one attached hydrogen (secondary N) is 1. The fraction of sp³-hybridized carbons (Fsp3) is 0.438. The Hall–Kier alpha value is -4.14. The van der Waals surface area contributed by atoms with Crippen molar-refractivity contribution >= 4 is 17.8 Å². The maximum Gasteiger partial charge on any atom is 0.408 e. The maximum atomic E-state index is 12.9. The molecule has 0 radical (unpaired) electrons. The summed E-state index contributed by atoms with van der Waals surface area (Å²) in [5.74, 6) is 1.14. The molecule has 1 aromatic heterocycles. The van der Waals surface area contributed by atoms with E-state index < -0.39 is 29.3 Å². The Kier molecular flexibility index (Phi) is 10.3. The van der Waals surface area contributed by atoms with Crippen LogP contribution in [-0.2, 0) is 20.7 Å². The number of nitrogens with zero attached hydrogens (tertiary/aromatic N) is 1. The van der Waals surface area contributed by atoms with Crippen molar-refractivity contribution in [2.75, 3.05) is 6.61 Å². The molecule has 3 aromatic rings. The Bertz CT molecular complexity index is 1320. The van der Waals surface area contributed by atoms with Crippen molar-refractivity contribution in [3.05, 3.63) is 71.6 Å². The van der Waals surface area contributed by atoms with E-state index in [1.165, 1.54) is 0 Å². The summed E-state index contributed by atoms with van der Waals surface area (Å²) in [6.07, 6.45) is -0.0959. The van der Waals surface area contributed by atoms with Crippen LogP contribution in [0.25, 0.3) is 11.5 Å². The molecule has 1 N–H and O–H groups in total. The number of esters is 1. The molecule has 0 aliphatic carbocycles. The van der Waals surface area contributed by atoms with Gasteiger partial charge in [0, 0.05) is 24.0 Å². The second-order valence-electron chi connectivity index (χ2n) is 11.7. The summed E-state index contributed by atoms with van der Waals surface area (Å²) in [7, 11) is 0. The standard InChI is InChI=1S/C32H40N2O7/c1-21-25(33-28(39-21)23-11-9-8-10-12-23)19-20-38-24-15-13-22(14-16-24)27(35)18-17-26(29(36)40-31(2,3)4)34-30(37)41-32(5,6)7/h8-16,26H,17-20H2,1-7H3,(H,34,37)/t26-/m0/s1. The van der Waals surface area contributed by atoms with Crippen LogP contribution in [0, 0.1) is 6.92 Å². The first-order chi connectivity index (χ1) is 19.2. The second kappa shape index (κ2) is 13.5. The van der Waals surface area contributed by atoms with Crippen LogP contribution in [0.5, 0.6) is 5.75 Å². The van der Waals surface area contributed by atoms with Gasteiger partial charge in [0.25, 0.3) is 0 Å². The van der Waals surface area contributed by atoms with Crippen LogP contribution in [0.15, 0.2) is 59.0 Å². The number of carbonyl (C=O) groups is 3. The summed E-state index contributed by atoms with van der Waals surface area (Å²) in [6.45, 7) is 12.7. The highest BCUT2D eigenvalue weighted by atomic mass is 16.6. The van der Waals surface area contributed by atoms with Crippen LogP contribution in [-0.4, -0.2) is 46.7 Å². The lowest BCUT2D eigenvalue weighted by Gasteiger charge is -2.26. The molecule has 0 bridgehead atoms. The Balaban J connectivity index is 1.54. The van der Waals surface area contributed by atoms with E-state index in [0.29, 0.717) is 30.2 Å². The number of ether oxygens (including phenoxy) is 3. The van der Waals surface area contributed by atoms with Crippen molar-refractivity contribution in [2.24, 2.45) is 0 Å². The van der Waals surface area contributed by atoms with Gasteiger partial charge in [-0.1, -0.05) is 18.2 Å². The minimum Gasteiger partial charge on any atom is -0.493 e. The largest absolute Gasteiger partial charge is 0.493 e. The summed E-state index contributed by atoms with van der Waals surface area (Å²) in [5.41, 5.74) is 0.733. The van der Waals surface area contributed by atoms with Crippen LogP contribution in [0.1, 0.15) is 76.2 Å². The Labute approximate surface area is 241 Å². The number of Topliss-reactive ketones (excluding diaryl/α,β-unsaturated/α-hetero) is 1. The summed E-state index contributed by atoms with van der Waals surface area (Å²) in [5, 5.41) is 2.54. The minimum absolute atomic E-state index is 0.0229. The molecule has 1 heterocycles. The quantitative estimate of drug-likeness (QED) is 0.208. The van der Waals surface area contributed by atoms with Crippen LogP contribution >= 0.6 is 0 Å². The molecule has 0 spiro atoms. The molecule has 0 aliphatic heterocycles. The fourth-order valence-electron chi connectivity index (χ4n) is 3.86. The topological polar surface area (TPSA) is 117 Å². The third-order valence-electron chi connectivity index (χ3n) is 5.74. The van der Waals surface area contributed by atoms with E-state index in [9.17, 15) is 14.4 Å². The molecule has 0 aliphatic rings. The summed E-state index contributed by atoms with van der Waals surface area (Å²) < 4.78 is 22.4. The van der Waals surface area contributed by atoms with Gasteiger partial charge in [0.2, 0.25) is 5.89 Å². The molecule has 0 saturated heterocycles. The Morgan fingerprint density at radius 3 is 2.15 bits per heavy atom. The molecule has 9 nitrogen and oxygen atoms in total. The molecule has 2 aromatic carbocycles. The van der Waals surface area contributed by atoms with E-state index in [2.05, 4.69) is 10.3 Å². The highest BCUT2D eigenvalue weighted by molar-refractivity contribution is 5.96. The van der Waals surface area contributed by atoms with E-state index >= 15 is 0 Å². The van der Waals surface area contributed by atoms with Crippen LogP contribution < -0.4 is 10.1 Å². The first kappa shape index (κ1) is 31.4. The predicted octanol–water partition coefficient (Wildman–Crippen LogP) is 6.47. The minimum atomic E-state index is -1.03. The molecule has 0 fully saturated rings. The van der Waals surface area contributed by atoms with Gasteiger partial charge in [0.15, 0.2) is 5.78 Å². The molecule has 1 atom stereocenters. The van der Waals surface area contributed by atoms with Crippen molar-refractivity contribution in [2.45, 2.75) is 85.0 Å². The molecule has 9 heteroatoms. The second-order valence-corrected chi connectivity index (χ2v) is 11.7. The van der Waals surface area contributed by atoms with Gasteiger partial charge >= 0.3 is 12.1 Å². The summed E-state index contributed by atoms with van der Waals surface area (Å²) in [4.78, 5) is 42.5. The van der Waals surface area contributed by atoms with Crippen molar-refractivity contribution in [3.63, 3.8) is 0 Å². The third-order valence-corrected chi connectivity index (χ3v) is 5.74. The zero-order valence-corrected chi connectivity index (χ0v) is 24.9. The number of benzene rings is 2. The lowest BCUT2D eigenvalue weighted by Crippen LogP contribution is -2.46.